The lowest BCUT2D eigenvalue weighted by Gasteiger charge is -2.16. The van der Waals surface area contributed by atoms with Gasteiger partial charge in [-0.3, -0.25) is 0 Å². The molecule has 1 rings (SSSR count). The Kier molecular flexibility index (Phi) is 5.24. The summed E-state index contributed by atoms with van der Waals surface area (Å²) in [6, 6.07) is 6.60. The van der Waals surface area contributed by atoms with Crippen molar-refractivity contribution in [1.29, 1.82) is 0 Å². The summed E-state index contributed by atoms with van der Waals surface area (Å²) in [4.78, 5) is 0. The van der Waals surface area contributed by atoms with E-state index in [-0.39, 0.29) is 13.2 Å². The molecule has 2 nitrogen and oxygen atoms in total. The highest BCUT2D eigenvalue weighted by molar-refractivity contribution is 6.30. The minimum Gasteiger partial charge on any atom is -0.396 e. The molecule has 0 radical (unpaired) electrons. The number of benzene rings is 1. The van der Waals surface area contributed by atoms with Crippen LogP contribution in [0, 0.1) is 0 Å². The monoisotopic (exact) mass is 268 g/mol. The molecule has 0 heterocycles. The van der Waals surface area contributed by atoms with E-state index < -0.39 is 18.7 Å². The van der Waals surface area contributed by atoms with Gasteiger partial charge in [0.15, 0.2) is 0 Å². The van der Waals surface area contributed by atoms with Crippen LogP contribution in [0.1, 0.15) is 11.5 Å². The highest BCUT2D eigenvalue weighted by Crippen LogP contribution is 2.21. The number of aliphatic hydroxyl groups is 1. The Balaban J connectivity index is 2.54. The molecule has 0 aliphatic carbocycles. The van der Waals surface area contributed by atoms with Gasteiger partial charge in [-0.2, -0.15) is 13.2 Å². The second-order valence-electron chi connectivity index (χ2n) is 3.56. The van der Waals surface area contributed by atoms with Crippen LogP contribution >= 0.6 is 11.6 Å². The van der Waals surface area contributed by atoms with Crippen LogP contribution in [0.3, 0.4) is 0 Å². The molecular formula is C11H12ClF3O2. The van der Waals surface area contributed by atoms with Crippen LogP contribution in [-0.2, 0) is 4.74 Å². The molecule has 0 saturated heterocycles. The van der Waals surface area contributed by atoms with Gasteiger partial charge < -0.3 is 9.84 Å². The molecule has 1 unspecified atom stereocenters. The number of hydrogen-bond donors (Lipinski definition) is 1. The predicted molar refractivity (Wildman–Crippen MR) is 58.2 cm³/mol. The van der Waals surface area contributed by atoms with E-state index in [9.17, 15) is 13.2 Å². The summed E-state index contributed by atoms with van der Waals surface area (Å²) in [5.41, 5.74) is 0.655. The van der Waals surface area contributed by atoms with Crippen molar-refractivity contribution in [3.05, 3.63) is 34.9 Å². The van der Waals surface area contributed by atoms with Gasteiger partial charge in [0.25, 0.3) is 0 Å². The van der Waals surface area contributed by atoms with Gasteiger partial charge in [0, 0.05) is 10.9 Å². The molecule has 6 heteroatoms. The SMILES string of the molecule is OCC(COCC(F)(F)F)c1cccc(Cl)c1. The fourth-order valence-corrected chi connectivity index (χ4v) is 1.53. The Hall–Kier alpha value is -0.780. The minimum atomic E-state index is -4.35. The third-order valence-corrected chi connectivity index (χ3v) is 2.36. The fraction of sp³-hybridized carbons (Fsp3) is 0.455. The molecule has 17 heavy (non-hydrogen) atoms. The zero-order valence-electron chi connectivity index (χ0n) is 8.88. The van der Waals surface area contributed by atoms with E-state index in [1.807, 2.05) is 0 Å². The summed E-state index contributed by atoms with van der Waals surface area (Å²) < 4.78 is 40.1. The van der Waals surface area contributed by atoms with Gasteiger partial charge in [-0.25, -0.2) is 0 Å². The van der Waals surface area contributed by atoms with Crippen LogP contribution in [0.15, 0.2) is 24.3 Å². The van der Waals surface area contributed by atoms with Gasteiger partial charge >= 0.3 is 6.18 Å². The molecule has 1 aromatic rings. The summed E-state index contributed by atoms with van der Waals surface area (Å²) in [7, 11) is 0. The summed E-state index contributed by atoms with van der Waals surface area (Å²) in [6.07, 6.45) is -4.35. The zero-order valence-corrected chi connectivity index (χ0v) is 9.63. The molecule has 0 amide bonds. The lowest BCUT2D eigenvalue weighted by Crippen LogP contribution is -2.21. The Morgan fingerprint density at radius 2 is 2.06 bits per heavy atom. The summed E-state index contributed by atoms with van der Waals surface area (Å²) in [5.74, 6) is -0.504. The van der Waals surface area contributed by atoms with Crippen LogP contribution in [-0.4, -0.2) is 31.1 Å². The molecule has 0 aliphatic rings. The number of ether oxygens (including phenoxy) is 1. The van der Waals surface area contributed by atoms with E-state index in [0.717, 1.165) is 0 Å². The summed E-state index contributed by atoms with van der Waals surface area (Å²) in [5, 5.41) is 9.56. The summed E-state index contributed by atoms with van der Waals surface area (Å²) >= 11 is 5.75. The normalized spacial score (nSPS) is 13.7. The van der Waals surface area contributed by atoms with E-state index >= 15 is 0 Å². The fourth-order valence-electron chi connectivity index (χ4n) is 1.33. The maximum Gasteiger partial charge on any atom is 0.411 e. The predicted octanol–water partition coefficient (Wildman–Crippen LogP) is 2.99. The maximum atomic E-state index is 11.9. The Bertz CT molecular complexity index is 355. The molecule has 0 saturated carbocycles. The first-order valence-corrected chi connectivity index (χ1v) is 5.31. The lowest BCUT2D eigenvalue weighted by molar-refractivity contribution is -0.175. The van der Waals surface area contributed by atoms with Crippen LogP contribution < -0.4 is 0 Å². The Morgan fingerprint density at radius 3 is 2.59 bits per heavy atom. The van der Waals surface area contributed by atoms with Crippen molar-refractivity contribution >= 4 is 11.6 Å². The quantitative estimate of drug-likeness (QED) is 0.890. The van der Waals surface area contributed by atoms with Crippen molar-refractivity contribution < 1.29 is 23.0 Å². The van der Waals surface area contributed by atoms with Crippen molar-refractivity contribution in [1.82, 2.24) is 0 Å². The molecule has 0 aromatic heterocycles. The topological polar surface area (TPSA) is 29.5 Å². The second-order valence-corrected chi connectivity index (χ2v) is 4.00. The van der Waals surface area contributed by atoms with E-state index in [1.54, 1.807) is 24.3 Å². The number of aliphatic hydroxyl groups excluding tert-OH is 1. The molecule has 96 valence electrons. The highest BCUT2D eigenvalue weighted by Gasteiger charge is 2.28. The molecule has 0 bridgehead atoms. The average Bonchev–Trinajstić information content (AvgIpc) is 2.23. The number of rotatable bonds is 5. The first kappa shape index (κ1) is 14.3. The third-order valence-electron chi connectivity index (χ3n) is 2.13. The van der Waals surface area contributed by atoms with Gasteiger partial charge in [0.05, 0.1) is 13.2 Å². The molecule has 0 fully saturated rings. The Morgan fingerprint density at radius 1 is 1.35 bits per heavy atom. The van der Waals surface area contributed by atoms with E-state index in [1.165, 1.54) is 0 Å². The Labute approximate surface area is 102 Å². The van der Waals surface area contributed by atoms with E-state index in [2.05, 4.69) is 4.74 Å². The number of hydrogen-bond acceptors (Lipinski definition) is 2. The molecule has 1 aromatic carbocycles. The first-order chi connectivity index (χ1) is 7.92. The molecule has 0 spiro atoms. The highest BCUT2D eigenvalue weighted by atomic mass is 35.5. The van der Waals surface area contributed by atoms with E-state index in [4.69, 9.17) is 16.7 Å². The van der Waals surface area contributed by atoms with E-state index in [0.29, 0.717) is 10.6 Å². The van der Waals surface area contributed by atoms with Crippen molar-refractivity contribution in [3.63, 3.8) is 0 Å². The van der Waals surface area contributed by atoms with Gasteiger partial charge in [-0.15, -0.1) is 0 Å². The molecule has 0 aliphatic heterocycles. The van der Waals surface area contributed by atoms with Gasteiger partial charge in [-0.1, -0.05) is 23.7 Å². The number of halogens is 4. The average molecular weight is 269 g/mol. The van der Waals surface area contributed by atoms with Crippen molar-refractivity contribution in [2.75, 3.05) is 19.8 Å². The standard InChI is InChI=1S/C11H12ClF3O2/c12-10-3-1-2-8(4-10)9(5-16)6-17-7-11(13,14)15/h1-4,9,16H,5-7H2. The molecule has 1 atom stereocenters. The maximum absolute atomic E-state index is 11.9. The van der Waals surface area contributed by atoms with Gasteiger partial charge in [-0.05, 0) is 17.7 Å². The van der Waals surface area contributed by atoms with Gasteiger partial charge in [0.1, 0.15) is 6.61 Å². The zero-order chi connectivity index (χ0) is 12.9. The third kappa shape index (κ3) is 5.39. The summed E-state index contributed by atoms with van der Waals surface area (Å²) in [6.45, 7) is -1.81. The van der Waals surface area contributed by atoms with Gasteiger partial charge in [0.2, 0.25) is 0 Å². The first-order valence-electron chi connectivity index (χ1n) is 4.93. The molecule has 1 N–H and O–H groups in total. The van der Waals surface area contributed by atoms with Crippen LogP contribution in [0.4, 0.5) is 13.2 Å². The number of alkyl halides is 3. The van der Waals surface area contributed by atoms with Crippen LogP contribution in [0.25, 0.3) is 0 Å². The van der Waals surface area contributed by atoms with Crippen LogP contribution in [0.5, 0.6) is 0 Å². The van der Waals surface area contributed by atoms with Crippen molar-refractivity contribution in [2.45, 2.75) is 12.1 Å². The second kappa shape index (κ2) is 6.23. The van der Waals surface area contributed by atoms with Crippen molar-refractivity contribution in [3.8, 4) is 0 Å². The largest absolute Gasteiger partial charge is 0.411 e. The molecular weight excluding hydrogens is 257 g/mol. The van der Waals surface area contributed by atoms with Crippen molar-refractivity contribution in [2.24, 2.45) is 0 Å². The lowest BCUT2D eigenvalue weighted by atomic mass is 10.0. The minimum absolute atomic E-state index is 0.198. The van der Waals surface area contributed by atoms with Crippen LogP contribution in [0.2, 0.25) is 5.02 Å². The smallest absolute Gasteiger partial charge is 0.396 e.